The van der Waals surface area contributed by atoms with Gasteiger partial charge in [0.05, 0.1) is 11.9 Å². The zero-order valence-corrected chi connectivity index (χ0v) is 8.09. The number of anilines is 1. The molecule has 0 aliphatic rings. The Balaban J connectivity index is 3.13. The molecule has 1 heterocycles. The summed E-state index contributed by atoms with van der Waals surface area (Å²) in [5, 5.41) is 0. The van der Waals surface area contributed by atoms with E-state index in [1.807, 2.05) is 13.8 Å². The molecule has 2 N–H and O–H groups in total. The van der Waals surface area contributed by atoms with Crippen LogP contribution in [0.4, 0.5) is 5.82 Å². The first kappa shape index (κ1) is 8.46. The van der Waals surface area contributed by atoms with Crippen LogP contribution in [0.25, 0.3) is 0 Å². The predicted octanol–water partition coefficient (Wildman–Crippen LogP) is 1.94. The fourth-order valence-electron chi connectivity index (χ4n) is 0.815. The topological polar surface area (TPSA) is 51.8 Å². The van der Waals surface area contributed by atoms with Crippen molar-refractivity contribution < 1.29 is 0 Å². The SMILES string of the molecule is CC(C)c1nc(Br)cnc1N. The van der Waals surface area contributed by atoms with Gasteiger partial charge < -0.3 is 5.73 Å². The smallest absolute Gasteiger partial charge is 0.145 e. The Morgan fingerprint density at radius 1 is 1.55 bits per heavy atom. The molecule has 0 aliphatic carbocycles. The molecule has 0 saturated heterocycles. The van der Waals surface area contributed by atoms with Gasteiger partial charge in [-0.3, -0.25) is 0 Å². The second kappa shape index (κ2) is 3.17. The van der Waals surface area contributed by atoms with E-state index in [9.17, 15) is 0 Å². The molecule has 0 bridgehead atoms. The summed E-state index contributed by atoms with van der Waals surface area (Å²) in [4.78, 5) is 8.17. The van der Waals surface area contributed by atoms with Crippen LogP contribution in [0.3, 0.4) is 0 Å². The van der Waals surface area contributed by atoms with E-state index in [1.54, 1.807) is 6.20 Å². The van der Waals surface area contributed by atoms with Crippen LogP contribution in [0.5, 0.6) is 0 Å². The van der Waals surface area contributed by atoms with Gasteiger partial charge in [0.15, 0.2) is 0 Å². The summed E-state index contributed by atoms with van der Waals surface area (Å²) in [6.07, 6.45) is 1.60. The van der Waals surface area contributed by atoms with E-state index in [2.05, 4.69) is 25.9 Å². The molecule has 0 amide bonds. The Kier molecular flexibility index (Phi) is 2.44. The number of rotatable bonds is 1. The second-order valence-electron chi connectivity index (χ2n) is 2.62. The first-order valence-electron chi connectivity index (χ1n) is 3.39. The summed E-state index contributed by atoms with van der Waals surface area (Å²) in [6, 6.07) is 0. The highest BCUT2D eigenvalue weighted by Gasteiger charge is 2.06. The highest BCUT2D eigenvalue weighted by molar-refractivity contribution is 9.10. The molecule has 0 radical (unpaired) electrons. The summed E-state index contributed by atoms with van der Waals surface area (Å²) >= 11 is 3.24. The van der Waals surface area contributed by atoms with Crippen molar-refractivity contribution in [1.29, 1.82) is 0 Å². The summed E-state index contributed by atoms with van der Waals surface area (Å²) in [6.45, 7) is 4.07. The van der Waals surface area contributed by atoms with Crippen LogP contribution < -0.4 is 5.73 Å². The summed E-state index contributed by atoms with van der Waals surface area (Å²) in [5.41, 5.74) is 6.44. The molecule has 60 valence electrons. The lowest BCUT2D eigenvalue weighted by molar-refractivity contribution is 0.812. The number of nitrogens with two attached hydrogens (primary N) is 1. The quantitative estimate of drug-likeness (QED) is 0.780. The Morgan fingerprint density at radius 2 is 2.18 bits per heavy atom. The average Bonchev–Trinajstić information content (AvgIpc) is 1.94. The third-order valence-corrected chi connectivity index (χ3v) is 1.73. The maximum atomic E-state index is 5.60. The normalized spacial score (nSPS) is 10.5. The molecule has 1 aromatic rings. The molecule has 3 nitrogen and oxygen atoms in total. The lowest BCUT2D eigenvalue weighted by atomic mass is 10.1. The molecule has 1 rings (SSSR count). The average molecular weight is 216 g/mol. The second-order valence-corrected chi connectivity index (χ2v) is 3.43. The van der Waals surface area contributed by atoms with Crippen LogP contribution in [-0.2, 0) is 0 Å². The fraction of sp³-hybridized carbons (Fsp3) is 0.429. The van der Waals surface area contributed by atoms with Gasteiger partial charge in [0, 0.05) is 0 Å². The Hall–Kier alpha value is -0.640. The molecule has 11 heavy (non-hydrogen) atoms. The third-order valence-electron chi connectivity index (χ3n) is 1.35. The predicted molar refractivity (Wildman–Crippen MR) is 48.2 cm³/mol. The van der Waals surface area contributed by atoms with E-state index in [1.165, 1.54) is 0 Å². The summed E-state index contributed by atoms with van der Waals surface area (Å²) in [7, 11) is 0. The lowest BCUT2D eigenvalue weighted by Crippen LogP contribution is -2.02. The van der Waals surface area contributed by atoms with Gasteiger partial charge in [0.25, 0.3) is 0 Å². The molecule has 0 aromatic carbocycles. The third kappa shape index (κ3) is 1.89. The van der Waals surface area contributed by atoms with E-state index >= 15 is 0 Å². The van der Waals surface area contributed by atoms with Gasteiger partial charge in [-0.05, 0) is 21.8 Å². The van der Waals surface area contributed by atoms with Crippen molar-refractivity contribution in [3.8, 4) is 0 Å². The van der Waals surface area contributed by atoms with E-state index in [4.69, 9.17) is 5.73 Å². The van der Waals surface area contributed by atoms with Crippen molar-refractivity contribution in [2.45, 2.75) is 19.8 Å². The molecule has 4 heteroatoms. The van der Waals surface area contributed by atoms with Crippen molar-refractivity contribution in [3.05, 3.63) is 16.5 Å². The largest absolute Gasteiger partial charge is 0.382 e. The first-order valence-corrected chi connectivity index (χ1v) is 4.18. The summed E-state index contributed by atoms with van der Waals surface area (Å²) < 4.78 is 0.732. The molecular formula is C7H10BrN3. The van der Waals surface area contributed by atoms with Crippen LogP contribution in [0.15, 0.2) is 10.8 Å². The summed E-state index contributed by atoms with van der Waals surface area (Å²) in [5.74, 6) is 0.836. The van der Waals surface area contributed by atoms with Gasteiger partial charge in [0.1, 0.15) is 10.4 Å². The minimum absolute atomic E-state index is 0.319. The van der Waals surface area contributed by atoms with Gasteiger partial charge >= 0.3 is 0 Å². The fourth-order valence-corrected chi connectivity index (χ4v) is 1.11. The van der Waals surface area contributed by atoms with Gasteiger partial charge in [0.2, 0.25) is 0 Å². The minimum Gasteiger partial charge on any atom is -0.382 e. The number of hydrogen-bond acceptors (Lipinski definition) is 3. The van der Waals surface area contributed by atoms with E-state index in [-0.39, 0.29) is 0 Å². The van der Waals surface area contributed by atoms with Crippen molar-refractivity contribution in [2.24, 2.45) is 0 Å². The molecule has 0 fully saturated rings. The number of nitrogens with zero attached hydrogens (tertiary/aromatic N) is 2. The Morgan fingerprint density at radius 3 is 2.64 bits per heavy atom. The standard InChI is InChI=1S/C7H10BrN3/c1-4(2)6-7(9)10-3-5(8)11-6/h3-4H,1-2H3,(H2,9,10). The Bertz CT molecular complexity index is 260. The lowest BCUT2D eigenvalue weighted by Gasteiger charge is -2.06. The van der Waals surface area contributed by atoms with Crippen LogP contribution in [0.2, 0.25) is 0 Å². The zero-order chi connectivity index (χ0) is 8.43. The van der Waals surface area contributed by atoms with Gasteiger partial charge in [-0.25, -0.2) is 9.97 Å². The molecule has 0 aliphatic heterocycles. The van der Waals surface area contributed by atoms with Gasteiger partial charge in [-0.15, -0.1) is 0 Å². The number of hydrogen-bond donors (Lipinski definition) is 1. The molecule has 0 atom stereocenters. The maximum Gasteiger partial charge on any atom is 0.145 e. The number of nitrogen functional groups attached to an aromatic ring is 1. The highest BCUT2D eigenvalue weighted by Crippen LogP contribution is 2.18. The van der Waals surface area contributed by atoms with Gasteiger partial charge in [-0.1, -0.05) is 13.8 Å². The maximum absolute atomic E-state index is 5.60. The van der Waals surface area contributed by atoms with E-state index < -0.39 is 0 Å². The number of aromatic nitrogens is 2. The van der Waals surface area contributed by atoms with E-state index in [0.29, 0.717) is 11.7 Å². The van der Waals surface area contributed by atoms with Crippen LogP contribution in [-0.4, -0.2) is 9.97 Å². The van der Waals surface area contributed by atoms with Crippen molar-refractivity contribution in [3.63, 3.8) is 0 Å². The highest BCUT2D eigenvalue weighted by atomic mass is 79.9. The number of halogens is 1. The molecule has 0 spiro atoms. The minimum atomic E-state index is 0.319. The van der Waals surface area contributed by atoms with Crippen LogP contribution in [0, 0.1) is 0 Å². The molecule has 1 aromatic heterocycles. The first-order chi connectivity index (χ1) is 5.11. The van der Waals surface area contributed by atoms with Crippen molar-refractivity contribution >= 4 is 21.7 Å². The Labute approximate surface area is 74.2 Å². The van der Waals surface area contributed by atoms with Crippen molar-refractivity contribution in [2.75, 3.05) is 5.73 Å². The van der Waals surface area contributed by atoms with Crippen molar-refractivity contribution in [1.82, 2.24) is 9.97 Å². The van der Waals surface area contributed by atoms with Gasteiger partial charge in [-0.2, -0.15) is 0 Å². The van der Waals surface area contributed by atoms with Crippen LogP contribution >= 0.6 is 15.9 Å². The van der Waals surface area contributed by atoms with E-state index in [0.717, 1.165) is 10.3 Å². The molecule has 0 unspecified atom stereocenters. The monoisotopic (exact) mass is 215 g/mol. The molecule has 0 saturated carbocycles. The molecular weight excluding hydrogens is 206 g/mol. The zero-order valence-electron chi connectivity index (χ0n) is 6.50. The van der Waals surface area contributed by atoms with Crippen LogP contribution in [0.1, 0.15) is 25.5 Å².